The Labute approximate surface area is 124 Å². The molecule has 0 saturated carbocycles. The molecule has 1 aliphatic heterocycles. The zero-order chi connectivity index (χ0) is 15.0. The molecule has 112 valence electrons. The van der Waals surface area contributed by atoms with Gasteiger partial charge in [0.05, 0.1) is 20.3 Å². The molecule has 0 aliphatic carbocycles. The van der Waals surface area contributed by atoms with Gasteiger partial charge in [-0.25, -0.2) is 4.68 Å². The number of hydrogen-bond donors (Lipinski definition) is 1. The van der Waals surface area contributed by atoms with Crippen molar-refractivity contribution in [3.63, 3.8) is 0 Å². The Morgan fingerprint density at radius 2 is 2.10 bits per heavy atom. The Kier molecular flexibility index (Phi) is 3.45. The fourth-order valence-corrected chi connectivity index (χ4v) is 2.81. The number of aryl methyl sites for hydroxylation is 1. The molecule has 0 unspecified atom stereocenters. The number of nitrogens with one attached hydrogen (secondary N) is 1. The summed E-state index contributed by atoms with van der Waals surface area (Å²) in [4.78, 5) is 4.44. The maximum atomic E-state index is 5.54. The Balaban J connectivity index is 2.07. The van der Waals surface area contributed by atoms with Crippen molar-refractivity contribution in [1.82, 2.24) is 14.8 Å². The number of nitrogens with zero attached hydrogens (tertiary/aromatic N) is 3. The van der Waals surface area contributed by atoms with E-state index in [1.165, 1.54) is 0 Å². The molecule has 0 spiro atoms. The van der Waals surface area contributed by atoms with Crippen LogP contribution in [0.15, 0.2) is 18.2 Å². The number of ether oxygens (including phenoxy) is 2. The van der Waals surface area contributed by atoms with Crippen molar-refractivity contribution < 1.29 is 9.47 Å². The third kappa shape index (κ3) is 2.41. The molecule has 1 aliphatic rings. The fraction of sp³-hybridized carbons (Fsp3) is 0.467. The lowest BCUT2D eigenvalue weighted by Gasteiger charge is -2.30. The van der Waals surface area contributed by atoms with E-state index in [2.05, 4.69) is 22.3 Å². The number of benzene rings is 1. The second kappa shape index (κ2) is 5.27. The Hall–Kier alpha value is -2.24. The molecule has 0 saturated heterocycles. The molecule has 0 fully saturated rings. The van der Waals surface area contributed by atoms with Gasteiger partial charge >= 0.3 is 0 Å². The third-order valence-electron chi connectivity index (χ3n) is 3.78. The lowest BCUT2D eigenvalue weighted by Crippen LogP contribution is -2.31. The van der Waals surface area contributed by atoms with E-state index in [-0.39, 0.29) is 6.04 Å². The van der Waals surface area contributed by atoms with E-state index in [1.54, 1.807) is 14.2 Å². The molecule has 1 aromatic carbocycles. The van der Waals surface area contributed by atoms with Crippen LogP contribution in [-0.2, 0) is 0 Å². The van der Waals surface area contributed by atoms with Gasteiger partial charge in [-0.1, -0.05) is 0 Å². The van der Waals surface area contributed by atoms with Crippen LogP contribution in [0.25, 0.3) is 0 Å². The van der Waals surface area contributed by atoms with Gasteiger partial charge < -0.3 is 14.8 Å². The zero-order valence-electron chi connectivity index (χ0n) is 12.8. The molecule has 21 heavy (non-hydrogen) atoms. The van der Waals surface area contributed by atoms with E-state index in [4.69, 9.17) is 9.47 Å². The second-order valence-electron chi connectivity index (χ2n) is 5.33. The number of anilines is 1. The Morgan fingerprint density at radius 3 is 2.81 bits per heavy atom. The summed E-state index contributed by atoms with van der Waals surface area (Å²) in [6, 6.07) is 6.34. The summed E-state index contributed by atoms with van der Waals surface area (Å²) in [6.45, 7) is 4.05. The van der Waals surface area contributed by atoms with E-state index in [1.807, 2.05) is 29.8 Å². The molecule has 0 radical (unpaired) electrons. The summed E-state index contributed by atoms with van der Waals surface area (Å²) >= 11 is 0. The molecule has 2 atom stereocenters. The molecule has 2 aromatic rings. The quantitative estimate of drug-likeness (QED) is 0.939. The van der Waals surface area contributed by atoms with Gasteiger partial charge in [0.1, 0.15) is 17.3 Å². The summed E-state index contributed by atoms with van der Waals surface area (Å²) in [5.74, 6) is 3.18. The Bertz CT molecular complexity index is 653. The SMILES string of the molecule is COc1ccc([C@@H]2C[C@H](C)Nc3nc(C)nn32)c(OC)c1. The highest BCUT2D eigenvalue weighted by Crippen LogP contribution is 2.37. The highest BCUT2D eigenvalue weighted by molar-refractivity contribution is 5.45. The standard InChI is InChI=1S/C15H20N4O2/c1-9-7-13(19-15(16-9)17-10(2)18-19)12-6-5-11(20-3)8-14(12)21-4/h5-6,8-9,13H,7H2,1-4H3,(H,16,17,18)/t9-,13-/m0/s1. The largest absolute Gasteiger partial charge is 0.497 e. The lowest BCUT2D eigenvalue weighted by atomic mass is 9.97. The summed E-state index contributed by atoms with van der Waals surface area (Å²) in [6.07, 6.45) is 0.929. The van der Waals surface area contributed by atoms with E-state index in [9.17, 15) is 0 Å². The van der Waals surface area contributed by atoms with Crippen molar-refractivity contribution in [3.8, 4) is 11.5 Å². The van der Waals surface area contributed by atoms with Crippen LogP contribution in [0.4, 0.5) is 5.95 Å². The molecule has 6 heteroatoms. The number of methoxy groups -OCH3 is 2. The van der Waals surface area contributed by atoms with Gasteiger partial charge in [-0.05, 0) is 32.4 Å². The van der Waals surface area contributed by atoms with Gasteiger partial charge in [0.2, 0.25) is 5.95 Å². The van der Waals surface area contributed by atoms with Crippen LogP contribution in [0.1, 0.15) is 30.8 Å². The maximum absolute atomic E-state index is 5.54. The van der Waals surface area contributed by atoms with Crippen LogP contribution >= 0.6 is 0 Å². The molecule has 2 heterocycles. The predicted molar refractivity (Wildman–Crippen MR) is 80.1 cm³/mol. The van der Waals surface area contributed by atoms with Crippen LogP contribution in [0.3, 0.4) is 0 Å². The van der Waals surface area contributed by atoms with E-state index >= 15 is 0 Å². The summed E-state index contributed by atoms with van der Waals surface area (Å²) in [5.41, 5.74) is 1.10. The molecule has 0 amide bonds. The van der Waals surface area contributed by atoms with Crippen molar-refractivity contribution in [2.75, 3.05) is 19.5 Å². The van der Waals surface area contributed by atoms with Gasteiger partial charge in [-0.3, -0.25) is 0 Å². The smallest absolute Gasteiger partial charge is 0.222 e. The average Bonchev–Trinajstić information content (AvgIpc) is 2.85. The normalized spacial score (nSPS) is 20.6. The highest BCUT2D eigenvalue weighted by Gasteiger charge is 2.29. The van der Waals surface area contributed by atoms with Crippen LogP contribution < -0.4 is 14.8 Å². The van der Waals surface area contributed by atoms with Gasteiger partial charge in [0.15, 0.2) is 0 Å². The van der Waals surface area contributed by atoms with Crippen LogP contribution in [0.2, 0.25) is 0 Å². The fourth-order valence-electron chi connectivity index (χ4n) is 2.81. The zero-order valence-corrected chi connectivity index (χ0v) is 12.8. The van der Waals surface area contributed by atoms with Crippen LogP contribution in [-0.4, -0.2) is 35.0 Å². The first-order valence-electron chi connectivity index (χ1n) is 7.04. The molecule has 1 aromatic heterocycles. The van der Waals surface area contributed by atoms with Gasteiger partial charge in [-0.15, -0.1) is 0 Å². The molecule has 3 rings (SSSR count). The molecular weight excluding hydrogens is 268 g/mol. The average molecular weight is 288 g/mol. The van der Waals surface area contributed by atoms with Crippen molar-refractivity contribution in [2.45, 2.75) is 32.4 Å². The minimum atomic E-state index is 0.110. The van der Waals surface area contributed by atoms with Crippen LogP contribution in [0.5, 0.6) is 11.5 Å². The number of aromatic nitrogens is 3. The summed E-state index contributed by atoms with van der Waals surface area (Å²) < 4.78 is 12.7. The molecule has 1 N–H and O–H groups in total. The van der Waals surface area contributed by atoms with Gasteiger partial charge in [0, 0.05) is 17.7 Å². The van der Waals surface area contributed by atoms with Crippen LogP contribution in [0, 0.1) is 6.92 Å². The van der Waals surface area contributed by atoms with E-state index < -0.39 is 0 Å². The first kappa shape index (κ1) is 13.7. The monoisotopic (exact) mass is 288 g/mol. The molecule has 6 nitrogen and oxygen atoms in total. The second-order valence-corrected chi connectivity index (χ2v) is 5.33. The first-order valence-corrected chi connectivity index (χ1v) is 7.04. The van der Waals surface area contributed by atoms with Crippen molar-refractivity contribution in [2.24, 2.45) is 0 Å². The topological polar surface area (TPSA) is 61.2 Å². The van der Waals surface area contributed by atoms with Crippen molar-refractivity contribution in [1.29, 1.82) is 0 Å². The number of hydrogen-bond acceptors (Lipinski definition) is 5. The Morgan fingerprint density at radius 1 is 1.29 bits per heavy atom. The summed E-state index contributed by atoms with van der Waals surface area (Å²) in [5, 5.41) is 7.88. The third-order valence-corrected chi connectivity index (χ3v) is 3.78. The van der Waals surface area contributed by atoms with E-state index in [0.717, 1.165) is 35.3 Å². The molecule has 0 bridgehead atoms. The predicted octanol–water partition coefficient (Wildman–Crippen LogP) is 2.40. The van der Waals surface area contributed by atoms with Crippen molar-refractivity contribution >= 4 is 5.95 Å². The minimum Gasteiger partial charge on any atom is -0.497 e. The maximum Gasteiger partial charge on any atom is 0.222 e. The molecular formula is C15H20N4O2. The van der Waals surface area contributed by atoms with Gasteiger partial charge in [0.25, 0.3) is 0 Å². The van der Waals surface area contributed by atoms with Gasteiger partial charge in [-0.2, -0.15) is 10.1 Å². The number of rotatable bonds is 3. The minimum absolute atomic E-state index is 0.110. The first-order chi connectivity index (χ1) is 10.1. The lowest BCUT2D eigenvalue weighted by molar-refractivity contribution is 0.372. The van der Waals surface area contributed by atoms with E-state index in [0.29, 0.717) is 6.04 Å². The van der Waals surface area contributed by atoms with Crippen molar-refractivity contribution in [3.05, 3.63) is 29.6 Å². The highest BCUT2D eigenvalue weighted by atomic mass is 16.5. The summed E-state index contributed by atoms with van der Waals surface area (Å²) in [7, 11) is 3.33. The number of fused-ring (bicyclic) bond motifs is 1.